The second kappa shape index (κ2) is 11.9. The maximum absolute atomic E-state index is 13.5. The number of nitrogens with zero attached hydrogens (tertiary/aromatic N) is 2. The van der Waals surface area contributed by atoms with Crippen LogP contribution in [0.25, 0.3) is 0 Å². The molecule has 38 heavy (non-hydrogen) atoms. The maximum Gasteiger partial charge on any atom is 0.264 e. The van der Waals surface area contributed by atoms with E-state index in [0.717, 1.165) is 30.0 Å². The van der Waals surface area contributed by atoms with Crippen molar-refractivity contribution in [2.24, 2.45) is 0 Å². The fourth-order valence-electron chi connectivity index (χ4n) is 4.34. The zero-order valence-corrected chi connectivity index (χ0v) is 23.4. The van der Waals surface area contributed by atoms with Crippen LogP contribution in [0.2, 0.25) is 5.02 Å². The highest BCUT2D eigenvalue weighted by Gasteiger charge is 2.29. The summed E-state index contributed by atoms with van der Waals surface area (Å²) >= 11 is 6.17. The molecule has 3 aromatic rings. The van der Waals surface area contributed by atoms with E-state index < -0.39 is 32.5 Å². The molecule has 0 aliphatic carbocycles. The van der Waals surface area contributed by atoms with Crippen molar-refractivity contribution in [3.63, 3.8) is 0 Å². The number of hydrogen-bond donors (Lipinski definition) is 1. The number of carbonyl (C=O) groups is 1. The van der Waals surface area contributed by atoms with Crippen molar-refractivity contribution in [1.82, 2.24) is 4.31 Å². The molecule has 3 aromatic carbocycles. The summed E-state index contributed by atoms with van der Waals surface area (Å²) in [7, 11) is -7.72. The summed E-state index contributed by atoms with van der Waals surface area (Å²) in [6.07, 6.45) is 3.70. The highest BCUT2D eigenvalue weighted by Crippen LogP contribution is 2.30. The third-order valence-corrected chi connectivity index (χ3v) is 10.3. The van der Waals surface area contributed by atoms with Crippen molar-refractivity contribution in [1.29, 1.82) is 0 Å². The molecule has 0 unspecified atom stereocenters. The van der Waals surface area contributed by atoms with Gasteiger partial charge in [-0.15, -0.1) is 0 Å². The van der Waals surface area contributed by atoms with Gasteiger partial charge in [0.05, 0.1) is 15.5 Å². The Morgan fingerprint density at radius 3 is 2.13 bits per heavy atom. The van der Waals surface area contributed by atoms with Gasteiger partial charge in [0, 0.05) is 23.8 Å². The number of anilines is 2. The van der Waals surface area contributed by atoms with Gasteiger partial charge in [-0.25, -0.2) is 16.8 Å². The lowest BCUT2D eigenvalue weighted by molar-refractivity contribution is -0.114. The molecular weight excluding hydrogens is 546 g/mol. The lowest BCUT2D eigenvalue weighted by Gasteiger charge is -2.26. The maximum atomic E-state index is 13.5. The van der Waals surface area contributed by atoms with Crippen LogP contribution >= 0.6 is 11.6 Å². The van der Waals surface area contributed by atoms with Crippen LogP contribution in [0.5, 0.6) is 0 Å². The largest absolute Gasteiger partial charge is 0.325 e. The van der Waals surface area contributed by atoms with Crippen LogP contribution in [0, 0.1) is 6.92 Å². The molecule has 0 aromatic heterocycles. The molecule has 0 saturated carbocycles. The first-order chi connectivity index (χ1) is 18.1. The van der Waals surface area contributed by atoms with Crippen LogP contribution in [0.1, 0.15) is 31.2 Å². The normalized spacial score (nSPS) is 15.0. The predicted molar refractivity (Wildman–Crippen MR) is 149 cm³/mol. The molecule has 11 heteroatoms. The van der Waals surface area contributed by atoms with Crippen LogP contribution in [-0.2, 0) is 24.8 Å². The van der Waals surface area contributed by atoms with Gasteiger partial charge in [0.15, 0.2) is 0 Å². The minimum atomic E-state index is -4.09. The number of benzene rings is 3. The van der Waals surface area contributed by atoms with E-state index in [0.29, 0.717) is 29.4 Å². The van der Waals surface area contributed by atoms with Crippen molar-refractivity contribution in [3.05, 3.63) is 83.4 Å². The SMILES string of the molecule is Cc1ccc(Cl)cc1N(CC(=O)Nc1ccc(S(=O)(=O)N2CCCCCC2)cc1)S(=O)(=O)c1ccccc1. The zero-order valence-electron chi connectivity index (χ0n) is 21.0. The quantitative estimate of drug-likeness (QED) is 0.405. The Kier molecular flexibility index (Phi) is 8.77. The molecule has 1 aliphatic heterocycles. The Morgan fingerprint density at radius 1 is 0.868 bits per heavy atom. The van der Waals surface area contributed by atoms with E-state index in [1.807, 2.05) is 0 Å². The predicted octanol–water partition coefficient (Wildman–Crippen LogP) is 5.05. The summed E-state index contributed by atoms with van der Waals surface area (Å²) in [6.45, 7) is 2.22. The van der Waals surface area contributed by atoms with Gasteiger partial charge < -0.3 is 5.32 Å². The Balaban J connectivity index is 1.56. The average molecular weight is 576 g/mol. The fraction of sp³-hybridized carbons (Fsp3) is 0.296. The minimum Gasteiger partial charge on any atom is -0.325 e. The van der Waals surface area contributed by atoms with Crippen molar-refractivity contribution < 1.29 is 21.6 Å². The van der Waals surface area contributed by atoms with Gasteiger partial charge in [0.1, 0.15) is 6.54 Å². The Morgan fingerprint density at radius 2 is 1.50 bits per heavy atom. The van der Waals surface area contributed by atoms with Gasteiger partial charge in [-0.3, -0.25) is 9.10 Å². The van der Waals surface area contributed by atoms with Crippen LogP contribution in [-0.4, -0.2) is 46.7 Å². The first kappa shape index (κ1) is 28.1. The molecule has 1 heterocycles. The average Bonchev–Trinajstić information content (AvgIpc) is 3.20. The summed E-state index contributed by atoms with van der Waals surface area (Å²) in [4.78, 5) is 13.3. The van der Waals surface area contributed by atoms with Crippen LogP contribution in [0.3, 0.4) is 0 Å². The van der Waals surface area contributed by atoms with E-state index in [1.165, 1.54) is 46.8 Å². The zero-order chi connectivity index (χ0) is 27.3. The Hall–Kier alpha value is -2.92. The molecule has 0 bridgehead atoms. The molecule has 202 valence electrons. The topological polar surface area (TPSA) is 104 Å². The summed E-state index contributed by atoms with van der Waals surface area (Å²) in [5.41, 5.74) is 1.27. The first-order valence-electron chi connectivity index (χ1n) is 12.3. The van der Waals surface area contributed by atoms with Crippen LogP contribution in [0.15, 0.2) is 82.6 Å². The van der Waals surface area contributed by atoms with Crippen LogP contribution in [0.4, 0.5) is 11.4 Å². The number of halogens is 1. The summed E-state index contributed by atoms with van der Waals surface area (Å²) in [5.74, 6) is -0.591. The van der Waals surface area contributed by atoms with Crippen molar-refractivity contribution >= 4 is 48.9 Å². The number of rotatable bonds is 8. The lowest BCUT2D eigenvalue weighted by atomic mass is 10.2. The van der Waals surface area contributed by atoms with Crippen molar-refractivity contribution in [2.75, 3.05) is 29.3 Å². The van der Waals surface area contributed by atoms with Gasteiger partial charge >= 0.3 is 0 Å². The number of carbonyl (C=O) groups excluding carboxylic acids is 1. The van der Waals surface area contributed by atoms with Gasteiger partial charge in [-0.05, 0) is 73.9 Å². The van der Waals surface area contributed by atoms with Gasteiger partial charge in [0.25, 0.3) is 10.0 Å². The molecule has 0 spiro atoms. The Bertz CT molecular complexity index is 1490. The molecule has 0 radical (unpaired) electrons. The third kappa shape index (κ3) is 6.37. The number of aryl methyl sites for hydroxylation is 1. The molecule has 1 N–H and O–H groups in total. The second-order valence-corrected chi connectivity index (χ2v) is 13.4. The van der Waals surface area contributed by atoms with E-state index in [2.05, 4.69) is 5.32 Å². The lowest BCUT2D eigenvalue weighted by Crippen LogP contribution is -2.38. The molecule has 1 fully saturated rings. The summed E-state index contributed by atoms with van der Waals surface area (Å²) in [5, 5.41) is 3.02. The highest BCUT2D eigenvalue weighted by molar-refractivity contribution is 7.92. The van der Waals surface area contributed by atoms with E-state index >= 15 is 0 Å². The highest BCUT2D eigenvalue weighted by atomic mass is 35.5. The summed E-state index contributed by atoms with van der Waals surface area (Å²) < 4.78 is 55.7. The van der Waals surface area contributed by atoms with E-state index in [1.54, 1.807) is 37.3 Å². The third-order valence-electron chi connectivity index (χ3n) is 6.40. The minimum absolute atomic E-state index is 0.0373. The molecule has 1 aliphatic rings. The van der Waals surface area contributed by atoms with E-state index in [4.69, 9.17) is 11.6 Å². The van der Waals surface area contributed by atoms with Gasteiger partial charge in [-0.1, -0.05) is 48.7 Å². The second-order valence-electron chi connectivity index (χ2n) is 9.15. The number of amides is 1. The monoisotopic (exact) mass is 575 g/mol. The standard InChI is InChI=1S/C27H30ClN3O5S2/c1-21-11-12-22(28)19-26(21)31(38(35,36)24-9-5-4-6-10-24)20-27(32)29-23-13-15-25(16-14-23)37(33,34)30-17-7-2-3-8-18-30/h4-6,9-16,19H,2-3,7-8,17-18,20H2,1H3,(H,29,32). The van der Waals surface area contributed by atoms with E-state index in [-0.39, 0.29) is 15.5 Å². The van der Waals surface area contributed by atoms with Crippen molar-refractivity contribution in [2.45, 2.75) is 42.4 Å². The number of nitrogens with one attached hydrogen (secondary N) is 1. The van der Waals surface area contributed by atoms with Crippen LogP contribution < -0.4 is 9.62 Å². The summed E-state index contributed by atoms with van der Waals surface area (Å²) in [6, 6.07) is 18.6. The van der Waals surface area contributed by atoms with Gasteiger partial charge in [0.2, 0.25) is 15.9 Å². The molecule has 8 nitrogen and oxygen atoms in total. The molecule has 4 rings (SSSR count). The fourth-order valence-corrected chi connectivity index (χ4v) is 7.52. The van der Waals surface area contributed by atoms with E-state index in [9.17, 15) is 21.6 Å². The molecule has 1 amide bonds. The molecule has 1 saturated heterocycles. The smallest absolute Gasteiger partial charge is 0.264 e. The molecular formula is C27H30ClN3O5S2. The first-order valence-corrected chi connectivity index (χ1v) is 15.6. The number of hydrogen-bond acceptors (Lipinski definition) is 5. The molecule has 0 atom stereocenters. The van der Waals surface area contributed by atoms with Crippen molar-refractivity contribution in [3.8, 4) is 0 Å². The van der Waals surface area contributed by atoms with Gasteiger partial charge in [-0.2, -0.15) is 4.31 Å². The number of sulfonamides is 2. The Labute approximate surface area is 229 Å².